The fourth-order valence-corrected chi connectivity index (χ4v) is 2.51. The van der Waals surface area contributed by atoms with Crippen LogP contribution >= 0.6 is 15.9 Å². The molecule has 1 saturated heterocycles. The summed E-state index contributed by atoms with van der Waals surface area (Å²) in [7, 11) is 0. The topological polar surface area (TPSA) is 41.6 Å². The maximum atomic E-state index is 12.0. The highest BCUT2D eigenvalue weighted by atomic mass is 79.9. The molecule has 1 heterocycles. The summed E-state index contributed by atoms with van der Waals surface area (Å²) in [6.45, 7) is 4.97. The van der Waals surface area contributed by atoms with Crippen LogP contribution in [-0.2, 0) is 4.79 Å². The molecule has 19 heavy (non-hydrogen) atoms. The molecule has 0 saturated carbocycles. The van der Waals surface area contributed by atoms with Crippen LogP contribution < -0.4 is 10.1 Å². The lowest BCUT2D eigenvalue weighted by molar-refractivity contribution is -0.132. The average molecular weight is 327 g/mol. The van der Waals surface area contributed by atoms with Gasteiger partial charge in [-0.3, -0.25) is 4.79 Å². The summed E-state index contributed by atoms with van der Waals surface area (Å²) >= 11 is 3.39. The van der Waals surface area contributed by atoms with Crippen molar-refractivity contribution in [3.63, 3.8) is 0 Å². The molecule has 4 nitrogen and oxygen atoms in total. The average Bonchev–Trinajstić information content (AvgIpc) is 2.38. The summed E-state index contributed by atoms with van der Waals surface area (Å²) in [5.74, 6) is 0.958. The first kappa shape index (κ1) is 14.3. The normalized spacial score (nSPS) is 19.3. The van der Waals surface area contributed by atoms with E-state index in [1.165, 1.54) is 0 Å². The van der Waals surface area contributed by atoms with Crippen LogP contribution in [0.3, 0.4) is 0 Å². The van der Waals surface area contributed by atoms with Gasteiger partial charge in [-0.1, -0.05) is 22.0 Å². The van der Waals surface area contributed by atoms with Gasteiger partial charge < -0.3 is 15.0 Å². The molecule has 0 radical (unpaired) electrons. The van der Waals surface area contributed by atoms with Gasteiger partial charge in [0.2, 0.25) is 5.91 Å². The Labute approximate surface area is 122 Å². The van der Waals surface area contributed by atoms with Crippen LogP contribution in [0.4, 0.5) is 0 Å². The van der Waals surface area contributed by atoms with E-state index in [4.69, 9.17) is 4.74 Å². The van der Waals surface area contributed by atoms with Crippen LogP contribution in [0.2, 0.25) is 0 Å². The Morgan fingerprint density at radius 3 is 3.16 bits per heavy atom. The molecular weight excluding hydrogens is 308 g/mol. The molecule has 1 aliphatic rings. The highest BCUT2D eigenvalue weighted by Crippen LogP contribution is 2.17. The lowest BCUT2D eigenvalue weighted by Gasteiger charge is -2.31. The molecule has 0 spiro atoms. The summed E-state index contributed by atoms with van der Waals surface area (Å²) in [5, 5.41) is 3.32. The smallest absolute Gasteiger partial charge is 0.226 e. The fraction of sp³-hybridized carbons (Fsp3) is 0.500. The van der Waals surface area contributed by atoms with Gasteiger partial charge in [0.25, 0.3) is 0 Å². The zero-order valence-corrected chi connectivity index (χ0v) is 12.6. The number of ether oxygens (including phenoxy) is 1. The Hall–Kier alpha value is -1.07. The molecule has 1 unspecified atom stereocenters. The van der Waals surface area contributed by atoms with Gasteiger partial charge in [0.05, 0.1) is 13.0 Å². The van der Waals surface area contributed by atoms with Gasteiger partial charge in [0.15, 0.2) is 0 Å². The fourth-order valence-electron chi connectivity index (χ4n) is 2.13. The van der Waals surface area contributed by atoms with Gasteiger partial charge in [-0.2, -0.15) is 0 Å². The SMILES string of the molecule is CC1CN(C(=O)CCOc2cccc(Br)c2)CCN1. The zero-order chi connectivity index (χ0) is 13.7. The van der Waals surface area contributed by atoms with Crippen molar-refractivity contribution in [1.82, 2.24) is 10.2 Å². The van der Waals surface area contributed by atoms with Gasteiger partial charge in [-0.25, -0.2) is 0 Å². The molecule has 1 aromatic rings. The van der Waals surface area contributed by atoms with E-state index >= 15 is 0 Å². The molecule has 1 atom stereocenters. The molecule has 0 aliphatic carbocycles. The van der Waals surface area contributed by atoms with Crippen molar-refractivity contribution in [2.75, 3.05) is 26.2 Å². The minimum Gasteiger partial charge on any atom is -0.493 e. The maximum Gasteiger partial charge on any atom is 0.226 e. The number of hydrogen-bond donors (Lipinski definition) is 1. The van der Waals surface area contributed by atoms with Crippen molar-refractivity contribution in [2.45, 2.75) is 19.4 Å². The first-order valence-electron chi connectivity index (χ1n) is 6.54. The first-order valence-corrected chi connectivity index (χ1v) is 7.34. The molecule has 104 valence electrons. The highest BCUT2D eigenvalue weighted by Gasteiger charge is 2.19. The molecule has 5 heteroatoms. The second-order valence-corrected chi connectivity index (χ2v) is 5.67. The number of rotatable bonds is 4. The van der Waals surface area contributed by atoms with E-state index < -0.39 is 0 Å². The molecule has 1 N–H and O–H groups in total. The van der Waals surface area contributed by atoms with E-state index in [1.807, 2.05) is 29.2 Å². The van der Waals surface area contributed by atoms with Gasteiger partial charge >= 0.3 is 0 Å². The van der Waals surface area contributed by atoms with Gasteiger partial charge in [-0.15, -0.1) is 0 Å². The van der Waals surface area contributed by atoms with E-state index in [1.54, 1.807) is 0 Å². The molecule has 1 fully saturated rings. The third-order valence-electron chi connectivity index (χ3n) is 3.10. The van der Waals surface area contributed by atoms with Gasteiger partial charge in [0, 0.05) is 30.1 Å². The largest absolute Gasteiger partial charge is 0.493 e. The number of halogens is 1. The summed E-state index contributed by atoms with van der Waals surface area (Å²) in [6.07, 6.45) is 0.430. The maximum absolute atomic E-state index is 12.0. The number of piperazine rings is 1. The molecule has 1 aromatic carbocycles. The zero-order valence-electron chi connectivity index (χ0n) is 11.1. The van der Waals surface area contributed by atoms with Crippen molar-refractivity contribution in [1.29, 1.82) is 0 Å². The van der Waals surface area contributed by atoms with Crippen molar-refractivity contribution >= 4 is 21.8 Å². The van der Waals surface area contributed by atoms with Crippen LogP contribution in [0.1, 0.15) is 13.3 Å². The second-order valence-electron chi connectivity index (χ2n) is 4.75. The van der Waals surface area contributed by atoms with Crippen LogP contribution in [0.15, 0.2) is 28.7 Å². The van der Waals surface area contributed by atoms with Crippen LogP contribution in [0.5, 0.6) is 5.75 Å². The van der Waals surface area contributed by atoms with E-state index in [0.717, 1.165) is 29.9 Å². The second kappa shape index (κ2) is 6.91. The van der Waals surface area contributed by atoms with E-state index in [0.29, 0.717) is 19.1 Å². The standard InChI is InChI=1S/C14H19BrN2O2/c1-11-10-17(7-6-16-11)14(18)5-8-19-13-4-2-3-12(15)9-13/h2-4,9,11,16H,5-8,10H2,1H3. The molecular formula is C14H19BrN2O2. The number of carbonyl (C=O) groups is 1. The number of nitrogens with zero attached hydrogens (tertiary/aromatic N) is 1. The Kier molecular flexibility index (Phi) is 5.22. The minimum absolute atomic E-state index is 0.170. The number of hydrogen-bond acceptors (Lipinski definition) is 3. The molecule has 1 amide bonds. The minimum atomic E-state index is 0.170. The quantitative estimate of drug-likeness (QED) is 0.920. The first-order chi connectivity index (χ1) is 9.15. The van der Waals surface area contributed by atoms with Crippen molar-refractivity contribution in [3.8, 4) is 5.75 Å². The van der Waals surface area contributed by atoms with Crippen molar-refractivity contribution in [3.05, 3.63) is 28.7 Å². The molecule has 0 aromatic heterocycles. The van der Waals surface area contributed by atoms with Crippen molar-refractivity contribution < 1.29 is 9.53 Å². The Morgan fingerprint density at radius 2 is 2.42 bits per heavy atom. The van der Waals surface area contributed by atoms with Crippen molar-refractivity contribution in [2.24, 2.45) is 0 Å². The summed E-state index contributed by atoms with van der Waals surface area (Å²) in [4.78, 5) is 13.9. The highest BCUT2D eigenvalue weighted by molar-refractivity contribution is 9.10. The Balaban J connectivity index is 1.74. The van der Waals surface area contributed by atoms with Gasteiger partial charge in [-0.05, 0) is 25.1 Å². The van der Waals surface area contributed by atoms with Crippen LogP contribution in [-0.4, -0.2) is 43.1 Å². The van der Waals surface area contributed by atoms with E-state index in [2.05, 4.69) is 28.2 Å². The third-order valence-corrected chi connectivity index (χ3v) is 3.60. The van der Waals surface area contributed by atoms with Crippen LogP contribution in [0, 0.1) is 0 Å². The Morgan fingerprint density at radius 1 is 1.58 bits per heavy atom. The summed E-state index contributed by atoms with van der Waals surface area (Å²) in [5.41, 5.74) is 0. The monoisotopic (exact) mass is 326 g/mol. The lowest BCUT2D eigenvalue weighted by Crippen LogP contribution is -2.51. The summed E-state index contributed by atoms with van der Waals surface area (Å²) in [6, 6.07) is 8.03. The number of carbonyl (C=O) groups excluding carboxylic acids is 1. The summed E-state index contributed by atoms with van der Waals surface area (Å²) < 4.78 is 6.56. The lowest BCUT2D eigenvalue weighted by atomic mass is 10.2. The number of benzene rings is 1. The molecule has 0 bridgehead atoms. The number of nitrogens with one attached hydrogen (secondary N) is 1. The number of amides is 1. The Bertz CT molecular complexity index is 439. The van der Waals surface area contributed by atoms with E-state index in [9.17, 15) is 4.79 Å². The van der Waals surface area contributed by atoms with Gasteiger partial charge in [0.1, 0.15) is 5.75 Å². The third kappa shape index (κ3) is 4.51. The predicted molar refractivity (Wildman–Crippen MR) is 78.3 cm³/mol. The molecule has 1 aliphatic heterocycles. The predicted octanol–water partition coefficient (Wildman–Crippen LogP) is 2.04. The molecule has 2 rings (SSSR count). The van der Waals surface area contributed by atoms with Crippen LogP contribution in [0.25, 0.3) is 0 Å². The van der Waals surface area contributed by atoms with E-state index in [-0.39, 0.29) is 5.91 Å².